The van der Waals surface area contributed by atoms with Crippen molar-refractivity contribution in [3.63, 3.8) is 0 Å². The molecule has 0 radical (unpaired) electrons. The molecule has 0 atom stereocenters. The van der Waals surface area contributed by atoms with Gasteiger partial charge in [0.1, 0.15) is 5.82 Å². The predicted octanol–water partition coefficient (Wildman–Crippen LogP) is 3.96. The van der Waals surface area contributed by atoms with Crippen LogP contribution in [0, 0.1) is 0 Å². The summed E-state index contributed by atoms with van der Waals surface area (Å²) in [7, 11) is 0. The van der Waals surface area contributed by atoms with E-state index in [-0.39, 0.29) is 5.69 Å². The van der Waals surface area contributed by atoms with Gasteiger partial charge in [0.2, 0.25) is 0 Å². The van der Waals surface area contributed by atoms with Crippen LogP contribution in [0.25, 0.3) is 27.8 Å². The molecule has 0 unspecified atom stereocenters. The molecule has 3 heterocycles. The van der Waals surface area contributed by atoms with E-state index in [1.807, 2.05) is 60.9 Å². The molecular formula is C24H19N5O. The predicted molar refractivity (Wildman–Crippen MR) is 117 cm³/mol. The summed E-state index contributed by atoms with van der Waals surface area (Å²) in [5.41, 5.74) is 5.32. The molecule has 6 nitrogen and oxygen atoms in total. The van der Waals surface area contributed by atoms with E-state index < -0.39 is 0 Å². The van der Waals surface area contributed by atoms with Gasteiger partial charge < -0.3 is 4.98 Å². The molecule has 0 aliphatic rings. The smallest absolute Gasteiger partial charge is 0.305 e. The van der Waals surface area contributed by atoms with Crippen LogP contribution in [0.15, 0.2) is 90.2 Å². The van der Waals surface area contributed by atoms with Gasteiger partial charge >= 0.3 is 5.69 Å². The molecular weight excluding hydrogens is 374 g/mol. The fourth-order valence-electron chi connectivity index (χ4n) is 3.57. The Morgan fingerprint density at radius 3 is 2.37 bits per heavy atom. The van der Waals surface area contributed by atoms with Crippen LogP contribution in [0.1, 0.15) is 11.4 Å². The third kappa shape index (κ3) is 3.51. The van der Waals surface area contributed by atoms with E-state index in [1.54, 1.807) is 17.0 Å². The molecule has 5 aromatic rings. The first kappa shape index (κ1) is 18.0. The van der Waals surface area contributed by atoms with Crippen LogP contribution in [0.5, 0.6) is 0 Å². The van der Waals surface area contributed by atoms with Crippen LogP contribution in [-0.2, 0) is 12.8 Å². The van der Waals surface area contributed by atoms with Crippen LogP contribution in [0.3, 0.4) is 0 Å². The van der Waals surface area contributed by atoms with E-state index in [0.717, 1.165) is 46.5 Å². The average molecular weight is 393 g/mol. The van der Waals surface area contributed by atoms with Gasteiger partial charge in [-0.25, -0.2) is 14.8 Å². The highest BCUT2D eigenvalue weighted by atomic mass is 16.1. The Labute approximate surface area is 172 Å². The first-order valence-electron chi connectivity index (χ1n) is 9.78. The lowest BCUT2D eigenvalue weighted by atomic mass is 10.1. The Morgan fingerprint density at radius 2 is 1.60 bits per heavy atom. The number of fused-ring (bicyclic) bond motifs is 1. The van der Waals surface area contributed by atoms with Gasteiger partial charge in [0.25, 0.3) is 0 Å². The second-order valence-corrected chi connectivity index (χ2v) is 7.08. The molecule has 1 N–H and O–H groups in total. The van der Waals surface area contributed by atoms with Gasteiger partial charge in [-0.15, -0.1) is 0 Å². The number of rotatable bonds is 5. The highest BCUT2D eigenvalue weighted by molar-refractivity contribution is 5.83. The summed E-state index contributed by atoms with van der Waals surface area (Å²) in [6.45, 7) is 0. The minimum Gasteiger partial charge on any atom is -0.305 e. The molecule has 0 amide bonds. The Bertz CT molecular complexity index is 1340. The quantitative estimate of drug-likeness (QED) is 0.490. The van der Waals surface area contributed by atoms with Gasteiger partial charge in [-0.2, -0.15) is 0 Å². The standard InChI is InChI=1S/C24H19N5O/c30-24-28-21-8-7-18(14-22(21)29(24)20-10-12-25-13-11-20)19-15-26-23(27-16-19)9-6-17-4-2-1-3-5-17/h1-5,7-8,10-16H,6,9H2,(H,28,30). The zero-order valence-corrected chi connectivity index (χ0v) is 16.2. The molecule has 0 saturated carbocycles. The zero-order valence-electron chi connectivity index (χ0n) is 16.2. The van der Waals surface area contributed by atoms with Crippen LogP contribution >= 0.6 is 0 Å². The summed E-state index contributed by atoms with van der Waals surface area (Å²) in [6, 6.07) is 19.8. The number of benzene rings is 2. The number of nitrogens with zero attached hydrogens (tertiary/aromatic N) is 4. The topological polar surface area (TPSA) is 76.5 Å². The largest absolute Gasteiger partial charge is 0.331 e. The maximum Gasteiger partial charge on any atom is 0.331 e. The Balaban J connectivity index is 1.44. The van der Waals surface area contributed by atoms with Crippen molar-refractivity contribution in [2.45, 2.75) is 12.8 Å². The lowest BCUT2D eigenvalue weighted by molar-refractivity contribution is 0.859. The highest BCUT2D eigenvalue weighted by Crippen LogP contribution is 2.24. The number of hydrogen-bond acceptors (Lipinski definition) is 4. The second kappa shape index (κ2) is 7.75. The molecule has 5 rings (SSSR count). The molecule has 6 heteroatoms. The molecule has 3 aromatic heterocycles. The Kier molecular flexibility index (Phi) is 4.65. The van der Waals surface area contributed by atoms with Gasteiger partial charge in [0.05, 0.1) is 16.7 Å². The molecule has 0 saturated heterocycles. The summed E-state index contributed by atoms with van der Waals surface area (Å²) in [6.07, 6.45) is 8.74. The van der Waals surface area contributed by atoms with Crippen LogP contribution in [0.2, 0.25) is 0 Å². The number of aromatic amines is 1. The van der Waals surface area contributed by atoms with E-state index >= 15 is 0 Å². The SMILES string of the molecule is O=c1[nH]c2ccc(-c3cnc(CCc4ccccc4)nc3)cc2n1-c1ccncc1. The molecule has 0 spiro atoms. The fourth-order valence-corrected chi connectivity index (χ4v) is 3.57. The number of imidazole rings is 1. The number of hydrogen-bond donors (Lipinski definition) is 1. The van der Waals surface area contributed by atoms with Gasteiger partial charge in [-0.05, 0) is 41.8 Å². The number of pyridine rings is 1. The maximum atomic E-state index is 12.5. The molecule has 30 heavy (non-hydrogen) atoms. The molecule has 2 aromatic carbocycles. The fraction of sp³-hybridized carbons (Fsp3) is 0.0833. The third-order valence-corrected chi connectivity index (χ3v) is 5.12. The minimum absolute atomic E-state index is 0.180. The van der Waals surface area contributed by atoms with Gasteiger partial charge in [0.15, 0.2) is 0 Å². The van der Waals surface area contributed by atoms with Crippen molar-refractivity contribution in [1.82, 2.24) is 24.5 Å². The lowest BCUT2D eigenvalue weighted by Crippen LogP contribution is -2.14. The summed E-state index contributed by atoms with van der Waals surface area (Å²) >= 11 is 0. The summed E-state index contributed by atoms with van der Waals surface area (Å²) in [4.78, 5) is 28.5. The second-order valence-electron chi connectivity index (χ2n) is 7.08. The summed E-state index contributed by atoms with van der Waals surface area (Å²) < 4.78 is 1.65. The molecule has 0 fully saturated rings. The zero-order chi connectivity index (χ0) is 20.3. The normalized spacial score (nSPS) is 11.1. The molecule has 0 aliphatic carbocycles. The van der Waals surface area contributed by atoms with Gasteiger partial charge in [-0.1, -0.05) is 36.4 Å². The highest BCUT2D eigenvalue weighted by Gasteiger charge is 2.10. The Hall–Kier alpha value is -4.06. The lowest BCUT2D eigenvalue weighted by Gasteiger charge is -2.06. The molecule has 0 bridgehead atoms. The molecule has 146 valence electrons. The summed E-state index contributed by atoms with van der Waals surface area (Å²) in [5, 5.41) is 0. The summed E-state index contributed by atoms with van der Waals surface area (Å²) in [5.74, 6) is 0.819. The maximum absolute atomic E-state index is 12.5. The first-order chi connectivity index (χ1) is 14.8. The van der Waals surface area contributed by atoms with E-state index in [0.29, 0.717) is 0 Å². The van der Waals surface area contributed by atoms with E-state index in [4.69, 9.17) is 0 Å². The van der Waals surface area contributed by atoms with E-state index in [9.17, 15) is 4.79 Å². The van der Waals surface area contributed by atoms with E-state index in [1.165, 1.54) is 5.56 Å². The van der Waals surface area contributed by atoms with Crippen molar-refractivity contribution >= 4 is 11.0 Å². The van der Waals surface area contributed by atoms with Crippen molar-refractivity contribution in [1.29, 1.82) is 0 Å². The van der Waals surface area contributed by atoms with Crippen molar-refractivity contribution < 1.29 is 0 Å². The van der Waals surface area contributed by atoms with Crippen molar-refractivity contribution in [2.75, 3.05) is 0 Å². The number of aryl methyl sites for hydroxylation is 2. The third-order valence-electron chi connectivity index (χ3n) is 5.12. The van der Waals surface area contributed by atoms with E-state index in [2.05, 4.69) is 32.1 Å². The number of aromatic nitrogens is 5. The monoisotopic (exact) mass is 393 g/mol. The van der Waals surface area contributed by atoms with Crippen molar-refractivity contribution in [3.8, 4) is 16.8 Å². The van der Waals surface area contributed by atoms with Crippen LogP contribution < -0.4 is 5.69 Å². The van der Waals surface area contributed by atoms with Crippen LogP contribution in [-0.4, -0.2) is 24.5 Å². The number of H-pyrrole nitrogens is 1. The minimum atomic E-state index is -0.180. The van der Waals surface area contributed by atoms with Gasteiger partial charge in [0, 0.05) is 36.8 Å². The average Bonchev–Trinajstić information content (AvgIpc) is 3.14. The first-order valence-corrected chi connectivity index (χ1v) is 9.78. The molecule has 0 aliphatic heterocycles. The number of nitrogens with one attached hydrogen (secondary N) is 1. The Morgan fingerprint density at radius 1 is 0.833 bits per heavy atom. The van der Waals surface area contributed by atoms with Crippen LogP contribution in [0.4, 0.5) is 0 Å². The van der Waals surface area contributed by atoms with Crippen molar-refractivity contribution in [3.05, 3.63) is 107 Å². The van der Waals surface area contributed by atoms with Gasteiger partial charge in [-0.3, -0.25) is 9.55 Å². The van der Waals surface area contributed by atoms with Crippen molar-refractivity contribution in [2.24, 2.45) is 0 Å².